The third kappa shape index (κ3) is 3.39. The highest BCUT2D eigenvalue weighted by Gasteiger charge is 2.22. The minimum Gasteiger partial charge on any atom is -0.396 e. The fourth-order valence-corrected chi connectivity index (χ4v) is 2.38. The summed E-state index contributed by atoms with van der Waals surface area (Å²) in [5.74, 6) is 0.0613. The van der Waals surface area contributed by atoms with Gasteiger partial charge in [0.15, 0.2) is 5.78 Å². The van der Waals surface area contributed by atoms with Crippen LogP contribution in [0.2, 0.25) is 0 Å². The van der Waals surface area contributed by atoms with E-state index in [-0.39, 0.29) is 36.2 Å². The first-order valence-electron chi connectivity index (χ1n) is 6.29. The molecule has 19 heavy (non-hydrogen) atoms. The number of aliphatic hydroxyl groups is 1. The van der Waals surface area contributed by atoms with Gasteiger partial charge in [-0.3, -0.25) is 19.8 Å². The molecular formula is C12H17N3O4. The number of nitro groups is 1. The summed E-state index contributed by atoms with van der Waals surface area (Å²) < 4.78 is 0. The van der Waals surface area contributed by atoms with E-state index in [0.717, 1.165) is 19.4 Å². The van der Waals surface area contributed by atoms with E-state index in [2.05, 4.69) is 4.98 Å². The Bertz CT molecular complexity index is 471. The van der Waals surface area contributed by atoms with Crippen LogP contribution in [0.1, 0.15) is 23.3 Å². The number of likely N-dealkylation sites (tertiary alicyclic amines) is 1. The molecule has 1 aliphatic rings. The zero-order chi connectivity index (χ0) is 13.8. The Morgan fingerprint density at radius 1 is 1.63 bits per heavy atom. The summed E-state index contributed by atoms with van der Waals surface area (Å²) in [7, 11) is 0. The maximum absolute atomic E-state index is 12.0. The van der Waals surface area contributed by atoms with Crippen molar-refractivity contribution in [1.82, 2.24) is 9.88 Å². The number of nitrogens with one attached hydrogen (secondary N) is 1. The summed E-state index contributed by atoms with van der Waals surface area (Å²) in [5, 5.41) is 19.7. The number of carbonyl (C=O) groups excluding carboxylic acids is 1. The van der Waals surface area contributed by atoms with Gasteiger partial charge >= 0.3 is 0 Å². The van der Waals surface area contributed by atoms with Crippen molar-refractivity contribution in [3.05, 3.63) is 28.1 Å². The lowest BCUT2D eigenvalue weighted by Gasteiger charge is -2.30. The van der Waals surface area contributed by atoms with Gasteiger partial charge in [-0.25, -0.2) is 0 Å². The smallest absolute Gasteiger partial charge is 0.287 e. The number of rotatable bonds is 5. The lowest BCUT2D eigenvalue weighted by atomic mass is 9.99. The SMILES string of the molecule is O=C(CN1CCCC(CO)C1)c1cc([N+](=O)[O-])c[nH]1. The maximum Gasteiger partial charge on any atom is 0.287 e. The predicted molar refractivity (Wildman–Crippen MR) is 68.0 cm³/mol. The van der Waals surface area contributed by atoms with Crippen LogP contribution in [-0.4, -0.2) is 51.9 Å². The molecule has 7 nitrogen and oxygen atoms in total. The van der Waals surface area contributed by atoms with E-state index in [1.165, 1.54) is 12.3 Å². The number of Topliss-reactive ketones (excluding diaryl/α,β-unsaturated/α-hetero) is 1. The molecule has 1 aromatic heterocycles. The number of hydrogen-bond acceptors (Lipinski definition) is 5. The number of carbonyl (C=O) groups is 1. The van der Waals surface area contributed by atoms with Gasteiger partial charge in [-0.15, -0.1) is 0 Å². The summed E-state index contributed by atoms with van der Waals surface area (Å²) >= 11 is 0. The second-order valence-corrected chi connectivity index (χ2v) is 4.88. The van der Waals surface area contributed by atoms with Crippen molar-refractivity contribution in [2.75, 3.05) is 26.2 Å². The molecule has 1 saturated heterocycles. The highest BCUT2D eigenvalue weighted by Crippen LogP contribution is 2.17. The van der Waals surface area contributed by atoms with Crippen molar-refractivity contribution in [3.63, 3.8) is 0 Å². The van der Waals surface area contributed by atoms with E-state index >= 15 is 0 Å². The molecule has 0 spiro atoms. The Labute approximate surface area is 110 Å². The number of nitrogens with zero attached hydrogens (tertiary/aromatic N) is 2. The van der Waals surface area contributed by atoms with Crippen molar-refractivity contribution in [1.29, 1.82) is 0 Å². The van der Waals surface area contributed by atoms with Gasteiger partial charge in [-0.05, 0) is 25.3 Å². The molecule has 2 heterocycles. The molecule has 2 rings (SSSR count). The predicted octanol–water partition coefficient (Wildman–Crippen LogP) is 0.810. The van der Waals surface area contributed by atoms with Crippen molar-refractivity contribution in [2.24, 2.45) is 5.92 Å². The Hall–Kier alpha value is -1.73. The summed E-state index contributed by atoms with van der Waals surface area (Å²) in [6, 6.07) is 1.26. The topological polar surface area (TPSA) is 99.5 Å². The van der Waals surface area contributed by atoms with E-state index in [1.807, 2.05) is 4.90 Å². The summed E-state index contributed by atoms with van der Waals surface area (Å²) in [6.07, 6.45) is 3.17. The van der Waals surface area contributed by atoms with Crippen LogP contribution >= 0.6 is 0 Å². The molecule has 2 N–H and O–H groups in total. The summed E-state index contributed by atoms with van der Waals surface area (Å²) in [4.78, 5) is 26.6. The molecule has 1 atom stereocenters. The minimum atomic E-state index is -0.532. The van der Waals surface area contributed by atoms with Crippen LogP contribution in [0.4, 0.5) is 5.69 Å². The Morgan fingerprint density at radius 2 is 2.42 bits per heavy atom. The monoisotopic (exact) mass is 267 g/mol. The molecule has 0 aromatic carbocycles. The van der Waals surface area contributed by atoms with Crippen molar-refractivity contribution < 1.29 is 14.8 Å². The van der Waals surface area contributed by atoms with Gasteiger partial charge in [0.25, 0.3) is 5.69 Å². The number of aromatic amines is 1. The van der Waals surface area contributed by atoms with Crippen LogP contribution < -0.4 is 0 Å². The number of aliphatic hydroxyl groups excluding tert-OH is 1. The molecule has 0 amide bonds. The van der Waals surface area contributed by atoms with Crippen molar-refractivity contribution >= 4 is 11.5 Å². The second kappa shape index (κ2) is 5.94. The Morgan fingerprint density at radius 3 is 3.05 bits per heavy atom. The van der Waals surface area contributed by atoms with Crippen molar-refractivity contribution in [3.8, 4) is 0 Å². The third-order valence-electron chi connectivity index (χ3n) is 3.41. The van der Waals surface area contributed by atoms with Gasteiger partial charge in [-0.2, -0.15) is 0 Å². The van der Waals surface area contributed by atoms with Crippen LogP contribution in [0.5, 0.6) is 0 Å². The van der Waals surface area contributed by atoms with Crippen LogP contribution in [0, 0.1) is 16.0 Å². The number of ketones is 1. The lowest BCUT2D eigenvalue weighted by molar-refractivity contribution is -0.384. The normalized spacial score (nSPS) is 20.4. The van der Waals surface area contributed by atoms with Gasteiger partial charge in [0.05, 0.1) is 23.4 Å². The first-order valence-corrected chi connectivity index (χ1v) is 6.29. The molecule has 0 aliphatic carbocycles. The van der Waals surface area contributed by atoms with Crippen LogP contribution in [0.15, 0.2) is 12.3 Å². The van der Waals surface area contributed by atoms with Gasteiger partial charge in [-0.1, -0.05) is 0 Å². The number of piperidine rings is 1. The van der Waals surface area contributed by atoms with E-state index in [1.54, 1.807) is 0 Å². The standard InChI is InChI=1S/C12H17N3O4/c16-8-9-2-1-3-14(6-9)7-12(17)11-4-10(5-13-11)15(18)19/h4-5,9,13,16H,1-3,6-8H2. The quantitative estimate of drug-likeness (QED) is 0.467. The van der Waals surface area contributed by atoms with Crippen molar-refractivity contribution in [2.45, 2.75) is 12.8 Å². The first kappa shape index (κ1) is 13.7. The van der Waals surface area contributed by atoms with Gasteiger partial charge in [0.2, 0.25) is 0 Å². The zero-order valence-electron chi connectivity index (χ0n) is 10.5. The van der Waals surface area contributed by atoms with Gasteiger partial charge in [0, 0.05) is 19.2 Å². The van der Waals surface area contributed by atoms with E-state index < -0.39 is 4.92 Å². The van der Waals surface area contributed by atoms with Gasteiger partial charge < -0.3 is 10.1 Å². The average Bonchev–Trinajstić information content (AvgIpc) is 2.89. The largest absolute Gasteiger partial charge is 0.396 e. The molecule has 1 fully saturated rings. The molecule has 1 unspecified atom stereocenters. The lowest BCUT2D eigenvalue weighted by Crippen LogP contribution is -2.39. The van der Waals surface area contributed by atoms with Crippen LogP contribution in [0.25, 0.3) is 0 Å². The maximum atomic E-state index is 12.0. The number of H-pyrrole nitrogens is 1. The number of aromatic nitrogens is 1. The second-order valence-electron chi connectivity index (χ2n) is 4.88. The van der Waals surface area contributed by atoms with Crippen LogP contribution in [-0.2, 0) is 0 Å². The third-order valence-corrected chi connectivity index (χ3v) is 3.41. The van der Waals surface area contributed by atoms with Crippen LogP contribution in [0.3, 0.4) is 0 Å². The summed E-state index contributed by atoms with van der Waals surface area (Å²) in [5.41, 5.74) is 0.160. The minimum absolute atomic E-state index is 0.102. The molecule has 7 heteroatoms. The molecule has 0 radical (unpaired) electrons. The molecule has 1 aromatic rings. The fourth-order valence-electron chi connectivity index (χ4n) is 2.38. The zero-order valence-corrected chi connectivity index (χ0v) is 10.5. The van der Waals surface area contributed by atoms with E-state index in [4.69, 9.17) is 5.11 Å². The summed E-state index contributed by atoms with van der Waals surface area (Å²) in [6.45, 7) is 1.89. The first-order chi connectivity index (χ1) is 9.10. The molecule has 104 valence electrons. The Balaban J connectivity index is 1.94. The van der Waals surface area contributed by atoms with E-state index in [0.29, 0.717) is 6.54 Å². The van der Waals surface area contributed by atoms with Gasteiger partial charge in [0.1, 0.15) is 0 Å². The number of hydrogen-bond donors (Lipinski definition) is 2. The average molecular weight is 267 g/mol. The molecule has 1 aliphatic heterocycles. The highest BCUT2D eigenvalue weighted by atomic mass is 16.6. The molecule has 0 bridgehead atoms. The Kier molecular flexibility index (Phi) is 4.28. The highest BCUT2D eigenvalue weighted by molar-refractivity contribution is 5.96. The fraction of sp³-hybridized carbons (Fsp3) is 0.583. The molecule has 0 saturated carbocycles. The van der Waals surface area contributed by atoms with E-state index in [9.17, 15) is 14.9 Å². The molecular weight excluding hydrogens is 250 g/mol.